The first-order valence-corrected chi connectivity index (χ1v) is 34.4. The minimum Gasteiger partial charge on any atom is -0.466 e. The summed E-state index contributed by atoms with van der Waals surface area (Å²) in [6.07, 6.45) is 66.8. The van der Waals surface area contributed by atoms with Gasteiger partial charge >= 0.3 is 5.97 Å². The van der Waals surface area contributed by atoms with Crippen LogP contribution in [0, 0.1) is 0 Å². The first-order valence-electron chi connectivity index (χ1n) is 34.4. The van der Waals surface area contributed by atoms with Crippen molar-refractivity contribution in [3.63, 3.8) is 0 Å². The van der Waals surface area contributed by atoms with Gasteiger partial charge in [-0.15, -0.1) is 0 Å². The largest absolute Gasteiger partial charge is 0.466 e. The molecule has 1 heterocycles. The van der Waals surface area contributed by atoms with Crippen molar-refractivity contribution in [3.8, 4) is 0 Å². The van der Waals surface area contributed by atoms with E-state index in [9.17, 15) is 35.1 Å². The van der Waals surface area contributed by atoms with Crippen LogP contribution in [0.1, 0.15) is 322 Å². The Morgan fingerprint density at radius 1 is 0.457 bits per heavy atom. The van der Waals surface area contributed by atoms with Gasteiger partial charge < -0.3 is 45.1 Å². The highest BCUT2D eigenvalue weighted by Crippen LogP contribution is 2.23. The number of carbonyl (C=O) groups excluding carboxylic acids is 2. The lowest BCUT2D eigenvalue weighted by atomic mass is 9.99. The molecule has 1 rings (SSSR count). The monoisotopic (exact) mass is 1140 g/mol. The molecule has 1 aliphatic rings. The van der Waals surface area contributed by atoms with E-state index in [4.69, 9.17) is 14.2 Å². The van der Waals surface area contributed by atoms with Gasteiger partial charge in [0.25, 0.3) is 0 Å². The number of aliphatic hydroxyl groups is 5. The Morgan fingerprint density at radius 3 is 1.28 bits per heavy atom. The minimum atomic E-state index is -1.57. The van der Waals surface area contributed by atoms with E-state index in [1.165, 1.54) is 231 Å². The van der Waals surface area contributed by atoms with E-state index >= 15 is 0 Å². The summed E-state index contributed by atoms with van der Waals surface area (Å²) in [6.45, 7) is 4.30. The number of allylic oxidation sites excluding steroid dienone is 7. The van der Waals surface area contributed by atoms with Crippen LogP contribution < -0.4 is 5.32 Å². The number of hydrogen-bond donors (Lipinski definition) is 6. The maximum atomic E-state index is 13.0. The molecule has 7 unspecified atom stereocenters. The number of aliphatic hydroxyl groups excluding tert-OH is 5. The van der Waals surface area contributed by atoms with E-state index < -0.39 is 49.5 Å². The molecule has 11 nitrogen and oxygen atoms in total. The highest BCUT2D eigenvalue weighted by Gasteiger charge is 2.44. The van der Waals surface area contributed by atoms with Gasteiger partial charge in [-0.25, -0.2) is 0 Å². The molecule has 0 aromatic rings. The molecule has 0 aromatic heterocycles. The third kappa shape index (κ3) is 48.5. The zero-order valence-electron chi connectivity index (χ0n) is 52.5. The molecule has 0 aromatic carbocycles. The smallest absolute Gasteiger partial charge is 0.305 e. The Bertz CT molecular complexity index is 1480. The summed E-state index contributed by atoms with van der Waals surface area (Å²) in [6, 6.07) is -0.808. The number of esters is 1. The topological polar surface area (TPSA) is 175 Å². The van der Waals surface area contributed by atoms with Gasteiger partial charge in [0.05, 0.1) is 32.0 Å². The molecular weight excluding hydrogens is 1010 g/mol. The van der Waals surface area contributed by atoms with Crippen LogP contribution in [-0.4, -0.2) is 100 Å². The Kier molecular flexibility index (Phi) is 56.2. The van der Waals surface area contributed by atoms with E-state index in [2.05, 4.69) is 55.6 Å². The van der Waals surface area contributed by atoms with Crippen LogP contribution in [0.2, 0.25) is 0 Å². The summed E-state index contributed by atoms with van der Waals surface area (Å²) in [4.78, 5) is 25.1. The molecule has 1 saturated heterocycles. The van der Waals surface area contributed by atoms with E-state index in [1.807, 2.05) is 6.08 Å². The molecule has 11 heteroatoms. The SMILES string of the molecule is CCCCC/C=C\C/C=C\CCCCCCCC(=O)OCCCCCCCCCCCCCC/C=C\CCCCCCCCCCCCCCCC(=O)NC(COC1OC(CO)C(O)C(O)C1O)C(O)/C=C/CCCCCCCCC. The van der Waals surface area contributed by atoms with Crippen LogP contribution in [0.5, 0.6) is 0 Å². The van der Waals surface area contributed by atoms with Gasteiger partial charge in [0.15, 0.2) is 6.29 Å². The summed E-state index contributed by atoms with van der Waals surface area (Å²) in [5.74, 6) is -0.189. The highest BCUT2D eigenvalue weighted by molar-refractivity contribution is 5.76. The minimum absolute atomic E-state index is 0.00642. The van der Waals surface area contributed by atoms with Gasteiger partial charge in [0, 0.05) is 12.8 Å². The summed E-state index contributed by atoms with van der Waals surface area (Å²) in [5, 5.41) is 54.3. The Balaban J connectivity index is 1.93. The average Bonchev–Trinajstić information content (AvgIpc) is 3.47. The number of unbranched alkanes of at least 4 members (excludes halogenated alkanes) is 40. The molecular formula is C70H129NO10. The number of amides is 1. The lowest BCUT2D eigenvalue weighted by Crippen LogP contribution is -2.60. The summed E-state index contributed by atoms with van der Waals surface area (Å²) >= 11 is 0. The van der Waals surface area contributed by atoms with Crippen molar-refractivity contribution in [3.05, 3.63) is 48.6 Å². The molecule has 0 spiro atoms. The summed E-state index contributed by atoms with van der Waals surface area (Å²) in [5.41, 5.74) is 0. The molecule has 1 fully saturated rings. The van der Waals surface area contributed by atoms with Crippen LogP contribution in [-0.2, 0) is 23.8 Å². The van der Waals surface area contributed by atoms with E-state index in [-0.39, 0.29) is 18.5 Å². The van der Waals surface area contributed by atoms with Gasteiger partial charge in [-0.05, 0) is 89.9 Å². The molecule has 0 radical (unpaired) electrons. The summed E-state index contributed by atoms with van der Waals surface area (Å²) < 4.78 is 16.7. The van der Waals surface area contributed by atoms with Crippen LogP contribution >= 0.6 is 0 Å². The first kappa shape index (κ1) is 76.6. The van der Waals surface area contributed by atoms with Crippen molar-refractivity contribution in [1.82, 2.24) is 5.32 Å². The normalized spacial score (nSPS) is 18.5. The van der Waals surface area contributed by atoms with Gasteiger partial charge in [-0.3, -0.25) is 9.59 Å². The molecule has 81 heavy (non-hydrogen) atoms. The maximum Gasteiger partial charge on any atom is 0.305 e. The van der Waals surface area contributed by atoms with E-state index in [0.717, 1.165) is 64.2 Å². The molecule has 7 atom stereocenters. The van der Waals surface area contributed by atoms with Crippen molar-refractivity contribution in [2.24, 2.45) is 0 Å². The van der Waals surface area contributed by atoms with Crippen LogP contribution in [0.3, 0.4) is 0 Å². The standard InChI is InChI=1S/C70H129NO10/c1-3-5-7-9-11-13-14-15-31-35-38-42-46-50-54-58-66(75)79-59-55-51-47-43-39-36-33-30-28-26-24-22-20-18-16-17-19-21-23-25-27-29-32-34-37-41-45-49-53-57-65(74)71-62(63(73)56-52-48-44-40-12-10-8-6-4-2)61-80-70-69(78)68(77)67(76)64(60-72)81-70/h11,13,15-16,18,31,52,56,62-64,67-70,72-73,76-78H,3-10,12,14,17,19-30,32-51,53-55,57-61H2,1-2H3,(H,71,74)/b13-11-,18-16-,31-15-,56-52+. The molecule has 6 N–H and O–H groups in total. The maximum absolute atomic E-state index is 13.0. The lowest BCUT2D eigenvalue weighted by Gasteiger charge is -2.40. The number of ether oxygens (including phenoxy) is 3. The van der Waals surface area contributed by atoms with Crippen LogP contribution in [0.25, 0.3) is 0 Å². The first-order chi connectivity index (χ1) is 39.7. The van der Waals surface area contributed by atoms with Crippen molar-refractivity contribution >= 4 is 11.9 Å². The predicted octanol–water partition coefficient (Wildman–Crippen LogP) is 17.2. The molecule has 1 aliphatic heterocycles. The zero-order chi connectivity index (χ0) is 58.7. The third-order valence-corrected chi connectivity index (χ3v) is 16.2. The van der Waals surface area contributed by atoms with Crippen LogP contribution in [0.4, 0.5) is 0 Å². The van der Waals surface area contributed by atoms with E-state index in [1.54, 1.807) is 6.08 Å². The fourth-order valence-corrected chi connectivity index (χ4v) is 10.7. The fraction of sp³-hybridized carbons (Fsp3) is 0.857. The predicted molar refractivity (Wildman–Crippen MR) is 338 cm³/mol. The highest BCUT2D eigenvalue weighted by atomic mass is 16.7. The van der Waals surface area contributed by atoms with Gasteiger partial charge in [0.2, 0.25) is 5.91 Å². The average molecular weight is 1140 g/mol. The third-order valence-electron chi connectivity index (χ3n) is 16.2. The summed E-state index contributed by atoms with van der Waals surface area (Å²) in [7, 11) is 0. The van der Waals surface area contributed by atoms with E-state index in [0.29, 0.717) is 19.4 Å². The Labute approximate surface area is 497 Å². The molecule has 0 bridgehead atoms. The van der Waals surface area contributed by atoms with Gasteiger partial charge in [-0.1, -0.05) is 268 Å². The zero-order valence-corrected chi connectivity index (χ0v) is 52.5. The quantitative estimate of drug-likeness (QED) is 0.0195. The van der Waals surface area contributed by atoms with Gasteiger partial charge in [0.1, 0.15) is 24.4 Å². The molecule has 474 valence electrons. The van der Waals surface area contributed by atoms with Crippen molar-refractivity contribution in [2.75, 3.05) is 19.8 Å². The molecule has 1 amide bonds. The Hall–Kier alpha value is -2.38. The van der Waals surface area contributed by atoms with Crippen LogP contribution in [0.15, 0.2) is 48.6 Å². The number of rotatable bonds is 60. The second-order valence-corrected chi connectivity index (χ2v) is 23.9. The second-order valence-electron chi connectivity index (χ2n) is 23.9. The number of hydrogen-bond acceptors (Lipinski definition) is 10. The van der Waals surface area contributed by atoms with Crippen molar-refractivity contribution in [1.29, 1.82) is 0 Å². The molecule has 0 aliphatic carbocycles. The number of nitrogens with one attached hydrogen (secondary N) is 1. The number of carbonyl (C=O) groups is 2. The second kappa shape index (κ2) is 59.4. The van der Waals surface area contributed by atoms with Gasteiger partial charge in [-0.2, -0.15) is 0 Å². The fourth-order valence-electron chi connectivity index (χ4n) is 10.7. The van der Waals surface area contributed by atoms with Crippen molar-refractivity contribution in [2.45, 2.75) is 365 Å². The Morgan fingerprint density at radius 2 is 0.827 bits per heavy atom. The molecule has 0 saturated carbocycles. The lowest BCUT2D eigenvalue weighted by molar-refractivity contribution is -0.302. The van der Waals surface area contributed by atoms with Crippen molar-refractivity contribution < 1.29 is 49.3 Å².